The maximum atomic E-state index is 3.74. The van der Waals surface area contributed by atoms with Gasteiger partial charge in [-0.15, -0.1) is 11.3 Å². The van der Waals surface area contributed by atoms with E-state index in [9.17, 15) is 0 Å². The molecule has 2 heteroatoms. The van der Waals surface area contributed by atoms with Crippen molar-refractivity contribution in [3.05, 3.63) is 22.4 Å². The van der Waals surface area contributed by atoms with Crippen LogP contribution in [0.4, 0.5) is 0 Å². The quantitative estimate of drug-likeness (QED) is 0.769. The number of thiophene rings is 1. The van der Waals surface area contributed by atoms with Gasteiger partial charge in [-0.2, -0.15) is 0 Å². The van der Waals surface area contributed by atoms with Crippen LogP contribution in [-0.4, -0.2) is 6.54 Å². The summed E-state index contributed by atoms with van der Waals surface area (Å²) in [6.45, 7) is 3.49. The largest absolute Gasteiger partial charge is 0.309 e. The SMILES string of the molecule is CCCC(NCC1CCC1)c1cccs1. The minimum absolute atomic E-state index is 0.607. The van der Waals surface area contributed by atoms with Gasteiger partial charge in [0.05, 0.1) is 0 Å². The summed E-state index contributed by atoms with van der Waals surface area (Å²) in [5.74, 6) is 0.962. The Hall–Kier alpha value is -0.340. The van der Waals surface area contributed by atoms with Crippen LogP contribution in [0.2, 0.25) is 0 Å². The molecule has 1 heterocycles. The Balaban J connectivity index is 1.82. The van der Waals surface area contributed by atoms with Gasteiger partial charge in [-0.05, 0) is 43.2 Å². The van der Waals surface area contributed by atoms with Crippen LogP contribution in [0.15, 0.2) is 17.5 Å². The second kappa shape index (κ2) is 5.66. The van der Waals surface area contributed by atoms with Gasteiger partial charge in [-0.1, -0.05) is 25.8 Å². The van der Waals surface area contributed by atoms with Gasteiger partial charge in [0, 0.05) is 10.9 Å². The molecule has 1 aliphatic rings. The zero-order valence-corrected chi connectivity index (χ0v) is 10.4. The van der Waals surface area contributed by atoms with Gasteiger partial charge in [-0.25, -0.2) is 0 Å². The molecule has 0 aliphatic heterocycles. The molecule has 84 valence electrons. The lowest BCUT2D eigenvalue weighted by Crippen LogP contribution is -2.30. The van der Waals surface area contributed by atoms with Gasteiger partial charge in [0.1, 0.15) is 0 Å². The molecule has 0 bridgehead atoms. The first-order valence-electron chi connectivity index (χ1n) is 6.17. The topological polar surface area (TPSA) is 12.0 Å². The Morgan fingerprint density at radius 1 is 1.53 bits per heavy atom. The molecule has 0 amide bonds. The number of rotatable bonds is 6. The van der Waals surface area contributed by atoms with Crippen molar-refractivity contribution in [2.45, 2.75) is 45.1 Å². The normalized spacial score (nSPS) is 18.7. The van der Waals surface area contributed by atoms with E-state index < -0.39 is 0 Å². The van der Waals surface area contributed by atoms with Crippen LogP contribution in [0.5, 0.6) is 0 Å². The molecular formula is C13H21NS. The molecule has 1 saturated carbocycles. The average molecular weight is 223 g/mol. The Morgan fingerprint density at radius 3 is 2.93 bits per heavy atom. The van der Waals surface area contributed by atoms with Crippen LogP contribution in [0.1, 0.15) is 49.9 Å². The highest BCUT2D eigenvalue weighted by Gasteiger charge is 2.19. The van der Waals surface area contributed by atoms with Crippen molar-refractivity contribution >= 4 is 11.3 Å². The molecule has 0 saturated heterocycles. The standard InChI is InChI=1S/C13H21NS/c1-2-5-12(13-8-4-9-15-13)14-10-11-6-3-7-11/h4,8-9,11-12,14H,2-3,5-7,10H2,1H3. The van der Waals surface area contributed by atoms with E-state index in [-0.39, 0.29) is 0 Å². The molecule has 1 aliphatic carbocycles. The monoisotopic (exact) mass is 223 g/mol. The second-order valence-corrected chi connectivity index (χ2v) is 5.54. The molecule has 1 aromatic heterocycles. The molecule has 1 atom stereocenters. The lowest BCUT2D eigenvalue weighted by atomic mass is 9.85. The highest BCUT2D eigenvalue weighted by Crippen LogP contribution is 2.28. The van der Waals surface area contributed by atoms with Crippen LogP contribution in [0.25, 0.3) is 0 Å². The second-order valence-electron chi connectivity index (χ2n) is 4.56. The predicted molar refractivity (Wildman–Crippen MR) is 67.3 cm³/mol. The van der Waals surface area contributed by atoms with E-state index in [1.807, 2.05) is 11.3 Å². The predicted octanol–water partition coefficient (Wildman–Crippen LogP) is 3.98. The molecule has 1 nitrogen and oxygen atoms in total. The minimum atomic E-state index is 0.607. The third-order valence-electron chi connectivity index (χ3n) is 3.34. The van der Waals surface area contributed by atoms with Crippen molar-refractivity contribution in [3.8, 4) is 0 Å². The van der Waals surface area contributed by atoms with Gasteiger partial charge >= 0.3 is 0 Å². The lowest BCUT2D eigenvalue weighted by Gasteiger charge is -2.28. The summed E-state index contributed by atoms with van der Waals surface area (Å²) in [7, 11) is 0. The molecule has 0 aromatic carbocycles. The molecule has 1 unspecified atom stereocenters. The molecule has 0 radical (unpaired) electrons. The van der Waals surface area contributed by atoms with E-state index in [0.29, 0.717) is 6.04 Å². The van der Waals surface area contributed by atoms with E-state index in [1.165, 1.54) is 43.5 Å². The zero-order valence-electron chi connectivity index (χ0n) is 9.54. The maximum Gasteiger partial charge on any atom is 0.0414 e. The fourth-order valence-electron chi connectivity index (χ4n) is 2.13. The summed E-state index contributed by atoms with van der Waals surface area (Å²) in [5.41, 5.74) is 0. The van der Waals surface area contributed by atoms with E-state index in [0.717, 1.165) is 5.92 Å². The first kappa shape index (κ1) is 11.2. The van der Waals surface area contributed by atoms with Crippen LogP contribution in [0.3, 0.4) is 0 Å². The molecule has 0 spiro atoms. The van der Waals surface area contributed by atoms with E-state index >= 15 is 0 Å². The number of hydrogen-bond donors (Lipinski definition) is 1. The van der Waals surface area contributed by atoms with Gasteiger partial charge in [0.25, 0.3) is 0 Å². The fourth-order valence-corrected chi connectivity index (χ4v) is 2.97. The summed E-state index contributed by atoms with van der Waals surface area (Å²) >= 11 is 1.89. The minimum Gasteiger partial charge on any atom is -0.309 e. The Morgan fingerprint density at radius 2 is 2.40 bits per heavy atom. The summed E-state index contributed by atoms with van der Waals surface area (Å²) < 4.78 is 0. The van der Waals surface area contributed by atoms with Crippen molar-refractivity contribution in [2.75, 3.05) is 6.54 Å². The molecule has 1 aromatic rings. The van der Waals surface area contributed by atoms with Gasteiger partial charge in [0.2, 0.25) is 0 Å². The number of nitrogens with one attached hydrogen (secondary N) is 1. The van der Waals surface area contributed by atoms with Crippen molar-refractivity contribution in [3.63, 3.8) is 0 Å². The summed E-state index contributed by atoms with van der Waals surface area (Å²) in [6, 6.07) is 5.03. The fraction of sp³-hybridized carbons (Fsp3) is 0.692. The summed E-state index contributed by atoms with van der Waals surface area (Å²) in [4.78, 5) is 1.51. The van der Waals surface area contributed by atoms with Crippen LogP contribution < -0.4 is 5.32 Å². The highest BCUT2D eigenvalue weighted by molar-refractivity contribution is 7.10. The molecule has 2 rings (SSSR count). The summed E-state index contributed by atoms with van der Waals surface area (Å²) in [5, 5.41) is 5.92. The lowest BCUT2D eigenvalue weighted by molar-refractivity contribution is 0.287. The van der Waals surface area contributed by atoms with Crippen LogP contribution in [0, 0.1) is 5.92 Å². The Bertz CT molecular complexity index is 264. The van der Waals surface area contributed by atoms with Crippen molar-refractivity contribution in [1.29, 1.82) is 0 Å². The van der Waals surface area contributed by atoms with Crippen LogP contribution >= 0.6 is 11.3 Å². The zero-order chi connectivity index (χ0) is 10.5. The third kappa shape index (κ3) is 3.05. The summed E-state index contributed by atoms with van der Waals surface area (Å²) in [6.07, 6.45) is 6.86. The van der Waals surface area contributed by atoms with Gasteiger partial charge in [0.15, 0.2) is 0 Å². The average Bonchev–Trinajstić information content (AvgIpc) is 2.66. The first-order chi connectivity index (χ1) is 7.40. The van der Waals surface area contributed by atoms with E-state index in [2.05, 4.69) is 29.8 Å². The molecule has 1 fully saturated rings. The molecular weight excluding hydrogens is 202 g/mol. The highest BCUT2D eigenvalue weighted by atomic mass is 32.1. The smallest absolute Gasteiger partial charge is 0.0414 e. The van der Waals surface area contributed by atoms with Crippen LogP contribution in [-0.2, 0) is 0 Å². The van der Waals surface area contributed by atoms with Crippen molar-refractivity contribution < 1.29 is 0 Å². The molecule has 15 heavy (non-hydrogen) atoms. The third-order valence-corrected chi connectivity index (χ3v) is 4.33. The molecule has 1 N–H and O–H groups in total. The Kier molecular flexibility index (Phi) is 4.21. The number of hydrogen-bond acceptors (Lipinski definition) is 2. The van der Waals surface area contributed by atoms with Gasteiger partial charge in [-0.3, -0.25) is 0 Å². The van der Waals surface area contributed by atoms with E-state index in [4.69, 9.17) is 0 Å². The Labute approximate surface area is 96.9 Å². The van der Waals surface area contributed by atoms with E-state index in [1.54, 1.807) is 0 Å². The van der Waals surface area contributed by atoms with Gasteiger partial charge < -0.3 is 5.32 Å². The van der Waals surface area contributed by atoms with Crippen molar-refractivity contribution in [1.82, 2.24) is 5.32 Å². The maximum absolute atomic E-state index is 3.74. The van der Waals surface area contributed by atoms with Crippen molar-refractivity contribution in [2.24, 2.45) is 5.92 Å². The first-order valence-corrected chi connectivity index (χ1v) is 7.05.